The highest BCUT2D eigenvalue weighted by Crippen LogP contribution is 2.64. The summed E-state index contributed by atoms with van der Waals surface area (Å²) >= 11 is 0. The molecule has 0 spiro atoms. The maximum absolute atomic E-state index is 13.3. The average molecular weight is 391 g/mol. The van der Waals surface area contributed by atoms with E-state index in [0.717, 1.165) is 18.6 Å². The van der Waals surface area contributed by atoms with Gasteiger partial charge in [0.25, 0.3) is 5.91 Å². The van der Waals surface area contributed by atoms with Crippen molar-refractivity contribution in [2.75, 3.05) is 13.2 Å². The van der Waals surface area contributed by atoms with Crippen LogP contribution >= 0.6 is 0 Å². The van der Waals surface area contributed by atoms with Crippen molar-refractivity contribution in [3.8, 4) is 17.2 Å². The Morgan fingerprint density at radius 3 is 2.86 bits per heavy atom. The summed E-state index contributed by atoms with van der Waals surface area (Å²) in [7, 11) is 0. The van der Waals surface area contributed by atoms with Crippen LogP contribution in [0.4, 0.5) is 0 Å². The van der Waals surface area contributed by atoms with Crippen LogP contribution in [0.1, 0.15) is 31.4 Å². The second kappa shape index (κ2) is 5.91. The Bertz CT molecular complexity index is 1000. The van der Waals surface area contributed by atoms with E-state index < -0.39 is 6.10 Å². The van der Waals surface area contributed by atoms with Crippen LogP contribution in [0, 0.1) is 5.92 Å². The van der Waals surface area contributed by atoms with Gasteiger partial charge in [-0.15, -0.1) is 0 Å². The summed E-state index contributed by atoms with van der Waals surface area (Å²) in [5.41, 5.74) is 2.90. The SMILES string of the molecule is CCOc1ccc2c(c1)[C@]1(C)CC3[C@H]1[C@@H](C2)N3C(=O)[C@H]1COc2ccccc2O1. The molecule has 2 fully saturated rings. The van der Waals surface area contributed by atoms with Gasteiger partial charge in [0.1, 0.15) is 12.4 Å². The Morgan fingerprint density at radius 2 is 2.03 bits per heavy atom. The molecule has 0 aromatic heterocycles. The van der Waals surface area contributed by atoms with Crippen LogP contribution in [0.5, 0.6) is 17.2 Å². The highest BCUT2D eigenvalue weighted by molar-refractivity contribution is 5.84. The predicted molar refractivity (Wildman–Crippen MR) is 108 cm³/mol. The van der Waals surface area contributed by atoms with Crippen molar-refractivity contribution in [1.82, 2.24) is 4.90 Å². The molecule has 5 heteroatoms. The van der Waals surface area contributed by atoms with Crippen molar-refractivity contribution in [3.63, 3.8) is 0 Å². The number of ether oxygens (including phenoxy) is 3. The Balaban J connectivity index is 1.25. The smallest absolute Gasteiger partial charge is 0.267 e. The van der Waals surface area contributed by atoms with Crippen LogP contribution in [0.3, 0.4) is 0 Å². The Kier molecular flexibility index (Phi) is 3.50. The van der Waals surface area contributed by atoms with E-state index in [1.165, 1.54) is 11.1 Å². The van der Waals surface area contributed by atoms with Crippen molar-refractivity contribution in [3.05, 3.63) is 53.6 Å². The molecule has 2 aliphatic heterocycles. The van der Waals surface area contributed by atoms with Gasteiger partial charge in [0.15, 0.2) is 11.5 Å². The first-order valence-electron chi connectivity index (χ1n) is 10.6. The molecular weight excluding hydrogens is 366 g/mol. The van der Waals surface area contributed by atoms with Crippen LogP contribution in [0.25, 0.3) is 0 Å². The molecule has 2 aromatic rings. The second-order valence-electron chi connectivity index (χ2n) is 8.85. The van der Waals surface area contributed by atoms with Crippen molar-refractivity contribution in [2.45, 2.75) is 50.3 Å². The highest BCUT2D eigenvalue weighted by atomic mass is 16.6. The molecule has 5 atom stereocenters. The number of amides is 1. The maximum atomic E-state index is 13.3. The zero-order valence-corrected chi connectivity index (χ0v) is 16.8. The summed E-state index contributed by atoms with van der Waals surface area (Å²) in [6, 6.07) is 14.6. The summed E-state index contributed by atoms with van der Waals surface area (Å²) in [5, 5.41) is 0. The lowest BCUT2D eigenvalue weighted by Gasteiger charge is -2.73. The first-order valence-corrected chi connectivity index (χ1v) is 10.6. The number of nitrogens with zero attached hydrogens (tertiary/aromatic N) is 1. The zero-order valence-electron chi connectivity index (χ0n) is 16.8. The molecule has 0 radical (unpaired) electrons. The van der Waals surface area contributed by atoms with Crippen molar-refractivity contribution in [2.24, 2.45) is 5.92 Å². The van der Waals surface area contributed by atoms with Gasteiger partial charge >= 0.3 is 0 Å². The normalized spacial score (nSPS) is 33.0. The molecule has 150 valence electrons. The number of carbonyl (C=O) groups excluding carboxylic acids is 1. The van der Waals surface area contributed by atoms with E-state index in [1.54, 1.807) is 0 Å². The van der Waals surface area contributed by atoms with Crippen LogP contribution in [-0.4, -0.2) is 42.2 Å². The molecule has 1 saturated heterocycles. The molecule has 5 nitrogen and oxygen atoms in total. The van der Waals surface area contributed by atoms with Gasteiger partial charge in [-0.3, -0.25) is 4.79 Å². The van der Waals surface area contributed by atoms with Crippen molar-refractivity contribution < 1.29 is 19.0 Å². The van der Waals surface area contributed by atoms with E-state index >= 15 is 0 Å². The van der Waals surface area contributed by atoms with Crippen molar-refractivity contribution in [1.29, 1.82) is 0 Å². The third-order valence-corrected chi connectivity index (χ3v) is 7.39. The number of para-hydroxylation sites is 2. The standard InChI is InChI=1S/C24H25NO4/c1-3-27-15-9-8-14-10-17-22-18(12-24(22,2)16(14)11-15)25(17)23(26)21-13-28-19-6-4-5-7-20(19)29-21/h4-9,11,17-18,21-22H,3,10,12-13H2,1-2H3/t17-,18?,21-,22-,24+/m1/s1. The topological polar surface area (TPSA) is 48.0 Å². The monoisotopic (exact) mass is 391 g/mol. The Morgan fingerprint density at radius 1 is 1.21 bits per heavy atom. The summed E-state index contributed by atoms with van der Waals surface area (Å²) < 4.78 is 17.5. The number of hydrogen-bond donors (Lipinski definition) is 0. The zero-order chi connectivity index (χ0) is 19.8. The van der Waals surface area contributed by atoms with Crippen LogP contribution in [0.2, 0.25) is 0 Å². The fraction of sp³-hybridized carbons (Fsp3) is 0.458. The molecule has 2 aromatic carbocycles. The Labute approximate surface area is 170 Å². The largest absolute Gasteiger partial charge is 0.494 e. The quantitative estimate of drug-likeness (QED) is 0.805. The van der Waals surface area contributed by atoms with Crippen LogP contribution in [0.15, 0.2) is 42.5 Å². The number of likely N-dealkylation sites (tertiary alicyclic amines) is 1. The summed E-state index contributed by atoms with van der Waals surface area (Å²) in [6.45, 7) is 5.33. The van der Waals surface area contributed by atoms with Gasteiger partial charge in [-0.05, 0) is 55.2 Å². The van der Waals surface area contributed by atoms with Gasteiger partial charge in [-0.1, -0.05) is 25.1 Å². The van der Waals surface area contributed by atoms with E-state index in [-0.39, 0.29) is 24.0 Å². The first kappa shape index (κ1) is 17.2. The number of hydrogen-bond acceptors (Lipinski definition) is 4. The number of carbonyl (C=O) groups is 1. The molecule has 1 unspecified atom stereocenters. The van der Waals surface area contributed by atoms with Gasteiger partial charge in [0.2, 0.25) is 6.10 Å². The summed E-state index contributed by atoms with van der Waals surface area (Å²) in [6.07, 6.45) is 1.36. The van der Waals surface area contributed by atoms with E-state index in [9.17, 15) is 4.79 Å². The fourth-order valence-corrected chi connectivity index (χ4v) is 6.13. The van der Waals surface area contributed by atoms with Gasteiger partial charge in [0.05, 0.1) is 6.61 Å². The van der Waals surface area contributed by atoms with Gasteiger partial charge in [-0.2, -0.15) is 0 Å². The lowest BCUT2D eigenvalue weighted by Crippen LogP contribution is -2.81. The first-order chi connectivity index (χ1) is 14.1. The highest BCUT2D eigenvalue weighted by Gasteiger charge is 2.69. The lowest BCUT2D eigenvalue weighted by molar-refractivity contribution is -0.201. The minimum atomic E-state index is -0.556. The minimum Gasteiger partial charge on any atom is -0.494 e. The minimum absolute atomic E-state index is 0.0715. The number of fused-ring (bicyclic) bond motifs is 3. The van der Waals surface area contributed by atoms with Gasteiger partial charge in [0, 0.05) is 23.4 Å². The molecule has 29 heavy (non-hydrogen) atoms. The van der Waals surface area contributed by atoms with Crippen LogP contribution < -0.4 is 14.2 Å². The molecule has 1 saturated carbocycles. The molecular formula is C24H25NO4. The molecule has 2 aliphatic carbocycles. The molecule has 1 amide bonds. The third-order valence-electron chi connectivity index (χ3n) is 7.39. The maximum Gasteiger partial charge on any atom is 0.267 e. The van der Waals surface area contributed by atoms with E-state index in [0.29, 0.717) is 30.1 Å². The van der Waals surface area contributed by atoms with Gasteiger partial charge in [-0.25, -0.2) is 0 Å². The number of rotatable bonds is 3. The van der Waals surface area contributed by atoms with Crippen molar-refractivity contribution >= 4 is 5.91 Å². The van der Waals surface area contributed by atoms with E-state index in [4.69, 9.17) is 14.2 Å². The fourth-order valence-electron chi connectivity index (χ4n) is 6.13. The number of piperidine rings is 1. The number of benzene rings is 2. The summed E-state index contributed by atoms with van der Waals surface area (Å²) in [4.78, 5) is 15.4. The van der Waals surface area contributed by atoms with Gasteiger partial charge < -0.3 is 19.1 Å². The second-order valence-corrected chi connectivity index (χ2v) is 8.85. The average Bonchev–Trinajstić information content (AvgIpc) is 2.72. The lowest BCUT2D eigenvalue weighted by atomic mass is 9.43. The molecule has 4 aliphatic rings. The predicted octanol–water partition coefficient (Wildman–Crippen LogP) is 3.34. The molecule has 0 N–H and O–H groups in total. The van der Waals surface area contributed by atoms with Crippen LogP contribution in [-0.2, 0) is 16.6 Å². The van der Waals surface area contributed by atoms with E-state index in [2.05, 4.69) is 30.0 Å². The molecule has 6 rings (SSSR count). The van der Waals surface area contributed by atoms with E-state index in [1.807, 2.05) is 31.2 Å². The Hall–Kier alpha value is -2.69. The molecule has 0 bridgehead atoms. The molecule has 2 heterocycles. The third kappa shape index (κ3) is 2.24. The summed E-state index contributed by atoms with van der Waals surface area (Å²) in [5.74, 6) is 2.93.